The fraction of sp³-hybridized carbons (Fsp3) is 0.125. The van der Waals surface area contributed by atoms with E-state index in [2.05, 4.69) is 5.32 Å². The lowest BCUT2D eigenvalue weighted by molar-refractivity contribution is -0.384. The molecule has 0 atom stereocenters. The molecule has 0 saturated heterocycles. The highest BCUT2D eigenvalue weighted by atomic mass is 35.5. The molecule has 0 aliphatic carbocycles. The average molecular weight is 385 g/mol. The van der Waals surface area contributed by atoms with Crippen molar-refractivity contribution in [2.24, 2.45) is 0 Å². The predicted molar refractivity (Wildman–Crippen MR) is 88.1 cm³/mol. The van der Waals surface area contributed by atoms with Crippen LogP contribution in [0.25, 0.3) is 0 Å². The summed E-state index contributed by atoms with van der Waals surface area (Å²) < 4.78 is 30.9. The quantitative estimate of drug-likeness (QED) is 0.367. The zero-order chi connectivity index (χ0) is 19.4. The number of amides is 1. The van der Waals surface area contributed by atoms with Gasteiger partial charge >= 0.3 is 5.97 Å². The molecule has 0 fully saturated rings. The smallest absolute Gasteiger partial charge is 0.340 e. The normalized spacial score (nSPS) is 10.3. The summed E-state index contributed by atoms with van der Waals surface area (Å²) in [6, 6.07) is 5.04. The second kappa shape index (κ2) is 7.87. The van der Waals surface area contributed by atoms with Crippen molar-refractivity contribution in [1.29, 1.82) is 0 Å². The van der Waals surface area contributed by atoms with E-state index in [0.29, 0.717) is 17.7 Å². The summed E-state index contributed by atoms with van der Waals surface area (Å²) in [5.41, 5.74) is 0.0615. The third-order valence-corrected chi connectivity index (χ3v) is 3.58. The van der Waals surface area contributed by atoms with Crippen molar-refractivity contribution in [2.45, 2.75) is 6.92 Å². The minimum Gasteiger partial charge on any atom is -0.452 e. The summed E-state index contributed by atoms with van der Waals surface area (Å²) in [5.74, 6) is -4.43. The number of carbonyl (C=O) groups excluding carboxylic acids is 2. The van der Waals surface area contributed by atoms with Gasteiger partial charge in [-0.05, 0) is 24.6 Å². The number of carbonyl (C=O) groups is 2. The molecule has 1 N–H and O–H groups in total. The van der Waals surface area contributed by atoms with Gasteiger partial charge in [0.25, 0.3) is 11.6 Å². The van der Waals surface area contributed by atoms with Gasteiger partial charge in [0.05, 0.1) is 21.2 Å². The lowest BCUT2D eigenvalue weighted by atomic mass is 10.2. The number of nitro benzene ring substituents is 1. The largest absolute Gasteiger partial charge is 0.452 e. The molecule has 2 rings (SSSR count). The van der Waals surface area contributed by atoms with Gasteiger partial charge in [0.15, 0.2) is 18.2 Å². The maximum absolute atomic E-state index is 13.2. The van der Waals surface area contributed by atoms with Crippen molar-refractivity contribution in [2.75, 3.05) is 11.9 Å². The number of esters is 1. The summed E-state index contributed by atoms with van der Waals surface area (Å²) in [6.45, 7) is 0.864. The maximum Gasteiger partial charge on any atom is 0.340 e. The number of non-ortho nitro benzene ring substituents is 1. The number of rotatable bonds is 5. The number of nitro groups is 1. The van der Waals surface area contributed by atoms with Crippen molar-refractivity contribution < 1.29 is 28.0 Å². The second-order valence-electron chi connectivity index (χ2n) is 5.13. The van der Waals surface area contributed by atoms with E-state index >= 15 is 0 Å². The first-order valence-corrected chi connectivity index (χ1v) is 7.43. The van der Waals surface area contributed by atoms with Crippen molar-refractivity contribution in [3.05, 3.63) is 68.2 Å². The zero-order valence-electron chi connectivity index (χ0n) is 13.2. The van der Waals surface area contributed by atoms with Crippen molar-refractivity contribution in [3.8, 4) is 0 Å². The number of benzene rings is 2. The SMILES string of the molecule is Cc1ccc([N+](=O)[O-])cc1NC(=O)COC(=O)c1cc(F)c(F)cc1Cl. The van der Waals surface area contributed by atoms with Crippen molar-refractivity contribution in [1.82, 2.24) is 0 Å². The van der Waals surface area contributed by atoms with Gasteiger partial charge in [0, 0.05) is 12.1 Å². The Balaban J connectivity index is 2.03. The second-order valence-corrected chi connectivity index (χ2v) is 5.53. The highest BCUT2D eigenvalue weighted by molar-refractivity contribution is 6.33. The van der Waals surface area contributed by atoms with Crippen molar-refractivity contribution >= 4 is 34.9 Å². The third kappa shape index (κ3) is 4.51. The average Bonchev–Trinajstić information content (AvgIpc) is 2.57. The Morgan fingerprint density at radius 1 is 1.23 bits per heavy atom. The monoisotopic (exact) mass is 384 g/mol. The van der Waals surface area contributed by atoms with Crippen LogP contribution in [-0.2, 0) is 9.53 Å². The Morgan fingerprint density at radius 2 is 1.88 bits per heavy atom. The van der Waals surface area contributed by atoms with E-state index in [9.17, 15) is 28.5 Å². The molecule has 10 heteroatoms. The lowest BCUT2D eigenvalue weighted by Crippen LogP contribution is -2.21. The van der Waals surface area contributed by atoms with E-state index in [-0.39, 0.29) is 16.4 Å². The zero-order valence-corrected chi connectivity index (χ0v) is 14.0. The van der Waals surface area contributed by atoms with Gasteiger partial charge in [0.1, 0.15) is 0 Å². The number of ether oxygens (including phenoxy) is 1. The number of hydrogen-bond acceptors (Lipinski definition) is 5. The molecule has 0 radical (unpaired) electrons. The first-order chi connectivity index (χ1) is 12.2. The number of aryl methyl sites for hydroxylation is 1. The molecule has 0 heterocycles. The van der Waals surface area contributed by atoms with Crippen LogP contribution >= 0.6 is 11.6 Å². The molecule has 0 aromatic heterocycles. The van der Waals surface area contributed by atoms with E-state index in [4.69, 9.17) is 16.3 Å². The van der Waals surface area contributed by atoms with E-state index in [0.717, 1.165) is 6.07 Å². The van der Waals surface area contributed by atoms with Gasteiger partial charge in [-0.25, -0.2) is 13.6 Å². The number of nitrogens with zero attached hydrogens (tertiary/aromatic N) is 1. The number of hydrogen-bond donors (Lipinski definition) is 1. The van der Waals surface area contributed by atoms with Crippen LogP contribution in [0.4, 0.5) is 20.2 Å². The first kappa shape index (κ1) is 19.3. The first-order valence-electron chi connectivity index (χ1n) is 7.05. The van der Waals surface area contributed by atoms with Crippen LogP contribution in [0.5, 0.6) is 0 Å². The maximum atomic E-state index is 13.2. The molecule has 0 unspecified atom stereocenters. The van der Waals surface area contributed by atoms with Crippen LogP contribution in [0.3, 0.4) is 0 Å². The molecule has 0 spiro atoms. The molecule has 7 nitrogen and oxygen atoms in total. The summed E-state index contributed by atoms with van der Waals surface area (Å²) >= 11 is 5.64. The lowest BCUT2D eigenvalue weighted by Gasteiger charge is -2.09. The number of anilines is 1. The van der Waals surface area contributed by atoms with E-state index in [1.165, 1.54) is 12.1 Å². The number of halogens is 3. The van der Waals surface area contributed by atoms with Crippen LogP contribution in [-0.4, -0.2) is 23.4 Å². The standard InChI is InChI=1S/C16H11ClF2N2O5/c1-8-2-3-9(21(24)25)4-14(8)20-15(22)7-26-16(23)10-5-12(18)13(19)6-11(10)17/h2-6H,7H2,1H3,(H,20,22). The molecule has 0 aliphatic heterocycles. The third-order valence-electron chi connectivity index (χ3n) is 3.27. The fourth-order valence-electron chi connectivity index (χ4n) is 1.93. The molecule has 0 saturated carbocycles. The highest BCUT2D eigenvalue weighted by Crippen LogP contribution is 2.22. The van der Waals surface area contributed by atoms with Crippen LogP contribution in [0.2, 0.25) is 5.02 Å². The molecule has 2 aromatic carbocycles. The molecular weight excluding hydrogens is 374 g/mol. The Kier molecular flexibility index (Phi) is 5.83. The fourth-order valence-corrected chi connectivity index (χ4v) is 2.16. The minimum atomic E-state index is -1.29. The molecular formula is C16H11ClF2N2O5. The van der Waals surface area contributed by atoms with Crippen molar-refractivity contribution in [3.63, 3.8) is 0 Å². The van der Waals surface area contributed by atoms with Crippen LogP contribution in [0.15, 0.2) is 30.3 Å². The van der Waals surface area contributed by atoms with Crippen LogP contribution in [0.1, 0.15) is 15.9 Å². The molecule has 1 amide bonds. The number of nitrogens with one attached hydrogen (secondary N) is 1. The van der Waals surface area contributed by atoms with E-state index in [1.807, 2.05) is 0 Å². The molecule has 0 bridgehead atoms. The Morgan fingerprint density at radius 3 is 2.54 bits per heavy atom. The Labute approximate surface area is 150 Å². The van der Waals surface area contributed by atoms with Gasteiger partial charge in [-0.1, -0.05) is 17.7 Å². The Hall–Kier alpha value is -3.07. The van der Waals surface area contributed by atoms with E-state index in [1.54, 1.807) is 6.92 Å². The Bertz CT molecular complexity index is 904. The molecule has 2 aromatic rings. The summed E-state index contributed by atoms with van der Waals surface area (Å²) in [6.07, 6.45) is 0. The van der Waals surface area contributed by atoms with Gasteiger partial charge in [-0.3, -0.25) is 14.9 Å². The summed E-state index contributed by atoms with van der Waals surface area (Å²) in [5, 5.41) is 12.7. The minimum absolute atomic E-state index is 0.172. The molecule has 136 valence electrons. The summed E-state index contributed by atoms with van der Waals surface area (Å²) in [7, 11) is 0. The topological polar surface area (TPSA) is 98.5 Å². The van der Waals surface area contributed by atoms with Gasteiger partial charge in [-0.2, -0.15) is 0 Å². The molecule has 0 aliphatic rings. The van der Waals surface area contributed by atoms with E-state index < -0.39 is 40.6 Å². The highest BCUT2D eigenvalue weighted by Gasteiger charge is 2.18. The molecule has 26 heavy (non-hydrogen) atoms. The van der Waals surface area contributed by atoms with Crippen LogP contribution < -0.4 is 5.32 Å². The van der Waals surface area contributed by atoms with Gasteiger partial charge in [-0.15, -0.1) is 0 Å². The predicted octanol–water partition coefficient (Wildman–Crippen LogP) is 3.63. The van der Waals surface area contributed by atoms with Gasteiger partial charge < -0.3 is 10.1 Å². The van der Waals surface area contributed by atoms with Crippen LogP contribution in [0, 0.1) is 28.7 Å². The van der Waals surface area contributed by atoms with Gasteiger partial charge in [0.2, 0.25) is 0 Å². The summed E-state index contributed by atoms with van der Waals surface area (Å²) in [4.78, 5) is 33.8.